The summed E-state index contributed by atoms with van der Waals surface area (Å²) in [4.78, 5) is 11.6. The molecule has 0 fully saturated rings. The largest absolute Gasteiger partial charge is 0.491 e. The Balaban J connectivity index is 3.24. The Labute approximate surface area is 257 Å². The summed E-state index contributed by atoms with van der Waals surface area (Å²) < 4.78 is 19.0. The highest BCUT2D eigenvalue weighted by Crippen LogP contribution is 2.32. The van der Waals surface area contributed by atoms with Crippen LogP contribution in [0, 0.1) is 5.92 Å². The van der Waals surface area contributed by atoms with Gasteiger partial charge in [0.1, 0.15) is 0 Å². The van der Waals surface area contributed by atoms with Gasteiger partial charge in [-0.2, -0.15) is 5.53 Å². The second kappa shape index (κ2) is 24.9. The third-order valence-electron chi connectivity index (χ3n) is 7.33. The molecular weight excluding hydrogens is 526 g/mol. The fourth-order valence-corrected chi connectivity index (χ4v) is 4.29. The van der Waals surface area contributed by atoms with Crippen molar-refractivity contribution in [1.82, 2.24) is 0 Å². The quantitative estimate of drug-likeness (QED) is 0.0406. The van der Waals surface area contributed by atoms with Gasteiger partial charge < -0.3 is 19.1 Å². The number of nitrogens with zero attached hydrogens (tertiary/aromatic N) is 4. The summed E-state index contributed by atoms with van der Waals surface area (Å²) in [5.74, 6) is 2.80. The molecule has 8 heteroatoms. The molecule has 0 spiro atoms. The maximum atomic E-state index is 6.34. The van der Waals surface area contributed by atoms with Crippen LogP contribution in [0.2, 0.25) is 0 Å². The fourth-order valence-electron chi connectivity index (χ4n) is 4.29. The lowest BCUT2D eigenvalue weighted by Gasteiger charge is -2.26. The normalized spacial score (nSPS) is 12.7. The molecule has 2 N–H and O–H groups in total. The minimum Gasteiger partial charge on any atom is -0.491 e. The van der Waals surface area contributed by atoms with Crippen LogP contribution in [0.5, 0.6) is 5.75 Å². The molecule has 1 aromatic carbocycles. The molecule has 0 aliphatic rings. The van der Waals surface area contributed by atoms with Crippen molar-refractivity contribution in [2.75, 3.05) is 38.1 Å². The molecule has 0 amide bonds. The molecule has 8 nitrogen and oxygen atoms in total. The molecule has 0 aliphatic heterocycles. The van der Waals surface area contributed by atoms with Gasteiger partial charge in [-0.05, 0) is 55.3 Å². The van der Waals surface area contributed by atoms with Crippen molar-refractivity contribution in [3.05, 3.63) is 18.2 Å². The smallest absolute Gasteiger partial charge is 0.185 e. The van der Waals surface area contributed by atoms with Crippen LogP contribution in [0.4, 0.5) is 11.4 Å². The van der Waals surface area contributed by atoms with E-state index in [0.717, 1.165) is 108 Å². The molecule has 0 bridgehead atoms. The number of ether oxygens (including phenoxy) is 3. The first-order valence-corrected chi connectivity index (χ1v) is 16.8. The molecule has 240 valence electrons. The highest BCUT2D eigenvalue weighted by Gasteiger charge is 2.17. The molecule has 0 aliphatic carbocycles. The maximum absolute atomic E-state index is 6.34. The van der Waals surface area contributed by atoms with Crippen molar-refractivity contribution >= 4 is 23.2 Å². The predicted molar refractivity (Wildman–Crippen MR) is 177 cm³/mol. The van der Waals surface area contributed by atoms with E-state index in [9.17, 15) is 0 Å². The number of anilines is 1. The van der Waals surface area contributed by atoms with Crippen molar-refractivity contribution in [2.45, 2.75) is 131 Å². The second-order valence-electron chi connectivity index (χ2n) is 11.1. The first-order chi connectivity index (χ1) is 20.6. The van der Waals surface area contributed by atoms with Crippen molar-refractivity contribution < 1.29 is 19.7 Å². The zero-order valence-electron chi connectivity index (χ0n) is 27.8. The molecule has 1 rings (SSSR count). The predicted octanol–water partition coefficient (Wildman–Crippen LogP) is 8.66. The molecular formula is C34H62N5O3+. The molecule has 0 aromatic heterocycles. The Morgan fingerprint density at radius 3 is 1.79 bits per heavy atom. The van der Waals surface area contributed by atoms with Crippen LogP contribution in [0.3, 0.4) is 0 Å². The summed E-state index contributed by atoms with van der Waals surface area (Å²) >= 11 is 0. The van der Waals surface area contributed by atoms with E-state index < -0.39 is 0 Å². The van der Waals surface area contributed by atoms with E-state index in [-0.39, 0.29) is 0 Å². The van der Waals surface area contributed by atoms with Crippen molar-refractivity contribution in [2.24, 2.45) is 21.0 Å². The summed E-state index contributed by atoms with van der Waals surface area (Å²) in [5.41, 5.74) is 7.31. The van der Waals surface area contributed by atoms with E-state index >= 15 is 0 Å². The van der Waals surface area contributed by atoms with Crippen LogP contribution in [-0.4, -0.2) is 45.0 Å². The van der Waals surface area contributed by atoms with E-state index in [1.165, 1.54) is 12.8 Å². The van der Waals surface area contributed by atoms with Gasteiger partial charge in [-0.15, -0.1) is 0 Å². The maximum Gasteiger partial charge on any atom is 0.185 e. The molecule has 42 heavy (non-hydrogen) atoms. The Morgan fingerprint density at radius 2 is 1.31 bits per heavy atom. The third-order valence-corrected chi connectivity index (χ3v) is 7.33. The summed E-state index contributed by atoms with van der Waals surface area (Å²) in [5, 5.41) is 3.99. The van der Waals surface area contributed by atoms with Gasteiger partial charge in [0, 0.05) is 37.7 Å². The van der Waals surface area contributed by atoms with Crippen molar-refractivity contribution in [1.29, 1.82) is 0 Å². The number of unbranched alkanes of at least 4 members (excludes halogenated alkanes) is 5. The lowest BCUT2D eigenvalue weighted by molar-refractivity contribution is -0.210. The van der Waals surface area contributed by atoms with E-state index in [2.05, 4.69) is 51.6 Å². The van der Waals surface area contributed by atoms with Crippen LogP contribution in [0.25, 0.3) is 0 Å². The van der Waals surface area contributed by atoms with Gasteiger partial charge >= 0.3 is 0 Å². The Bertz CT molecular complexity index is 856. The number of hydrogen-bond acceptors (Lipinski definition) is 7. The van der Waals surface area contributed by atoms with Gasteiger partial charge in [0.05, 0.1) is 6.61 Å². The highest BCUT2D eigenvalue weighted by molar-refractivity contribution is 5.77. The van der Waals surface area contributed by atoms with E-state index in [1.54, 1.807) is 0 Å². The number of aliphatic imine (C=N–C) groups is 2. The minimum absolute atomic E-state index is 0.317. The first-order valence-electron chi connectivity index (χ1n) is 16.8. The van der Waals surface area contributed by atoms with Crippen molar-refractivity contribution in [3.8, 4) is 5.75 Å². The van der Waals surface area contributed by atoms with Crippen LogP contribution < -0.4 is 15.2 Å². The van der Waals surface area contributed by atoms with Gasteiger partial charge in [0.25, 0.3) is 0 Å². The summed E-state index contributed by atoms with van der Waals surface area (Å²) in [6, 6.07) is 5.91. The average molecular weight is 589 g/mol. The van der Waals surface area contributed by atoms with Gasteiger partial charge in [-0.25, -0.2) is 0 Å². The first kappa shape index (κ1) is 37.4. The van der Waals surface area contributed by atoms with Crippen LogP contribution in [0.1, 0.15) is 131 Å². The standard InChI is InChI=1S/C34H61N5O3/c1-7-13-18-29(12-6)26-40-32-25-30(21-22-31(32)38-35)39(27-41-33(19-14-8-2)36-23-16-10-4)28-42-34(20-15-9-3)37-24-17-11-5/h21-22,25,29,35H,7-20,23-24,26-28H2,1-6H3/p+1. The second-order valence-corrected chi connectivity index (χ2v) is 11.1. The highest BCUT2D eigenvalue weighted by atomic mass is 16.5. The van der Waals surface area contributed by atoms with Gasteiger partial charge in [0.2, 0.25) is 0 Å². The number of nitrogens with two attached hydrogens (primary N) is 1. The molecule has 0 saturated heterocycles. The SMILES string of the molecule is CCCCN=C(CCCC)OCN(COC(CCCC)=NCCCC)c1ccc(N=[NH2+])c(OCC(CC)CCCC)c1. The number of hydrogen-bond donors (Lipinski definition) is 1. The lowest BCUT2D eigenvalue weighted by atomic mass is 10.0. The zero-order chi connectivity index (χ0) is 30.8. The summed E-state index contributed by atoms with van der Waals surface area (Å²) in [6.45, 7) is 16.1. The van der Waals surface area contributed by atoms with Crippen molar-refractivity contribution in [3.63, 3.8) is 0 Å². The zero-order valence-corrected chi connectivity index (χ0v) is 27.8. The van der Waals surface area contributed by atoms with E-state index in [1.807, 2.05) is 18.2 Å². The number of benzene rings is 1. The monoisotopic (exact) mass is 588 g/mol. The Kier molecular flexibility index (Phi) is 22.2. The summed E-state index contributed by atoms with van der Waals surface area (Å²) in [6.07, 6.45) is 14.9. The lowest BCUT2D eigenvalue weighted by Crippen LogP contribution is -2.32. The van der Waals surface area contributed by atoms with Crippen LogP contribution in [-0.2, 0) is 9.47 Å². The van der Waals surface area contributed by atoms with Gasteiger partial charge in [-0.3, -0.25) is 9.98 Å². The Morgan fingerprint density at radius 1 is 0.762 bits per heavy atom. The average Bonchev–Trinajstić information content (AvgIpc) is 3.01. The van der Waals surface area contributed by atoms with Crippen LogP contribution in [0.15, 0.2) is 33.3 Å². The molecule has 0 heterocycles. The van der Waals surface area contributed by atoms with E-state index in [4.69, 9.17) is 29.7 Å². The molecule has 0 radical (unpaired) electrons. The Hall–Kier alpha value is -2.64. The van der Waals surface area contributed by atoms with Gasteiger partial charge in [-0.1, -0.05) is 86.5 Å². The molecule has 1 atom stereocenters. The fraction of sp³-hybridized carbons (Fsp3) is 0.765. The summed E-state index contributed by atoms with van der Waals surface area (Å²) in [7, 11) is 0. The minimum atomic E-state index is 0.317. The third kappa shape index (κ3) is 16.1. The van der Waals surface area contributed by atoms with E-state index in [0.29, 0.717) is 37.4 Å². The number of rotatable bonds is 25. The molecule has 1 unspecified atom stereocenters. The molecule has 1 aromatic rings. The van der Waals surface area contributed by atoms with Crippen LogP contribution >= 0.6 is 0 Å². The topological polar surface area (TPSA) is 93.6 Å². The van der Waals surface area contributed by atoms with Gasteiger partial charge in [0.15, 0.2) is 36.7 Å². The molecule has 0 saturated carbocycles.